The molecule has 0 radical (unpaired) electrons. The van der Waals surface area contributed by atoms with Crippen LogP contribution >= 0.6 is 0 Å². The van der Waals surface area contributed by atoms with Crippen molar-refractivity contribution < 1.29 is 33.6 Å². The average molecular weight is 595 g/mol. The van der Waals surface area contributed by atoms with Crippen molar-refractivity contribution in [3.8, 4) is 11.5 Å². The second-order valence-corrected chi connectivity index (χ2v) is 11.0. The van der Waals surface area contributed by atoms with Gasteiger partial charge in [-0.15, -0.1) is 0 Å². The summed E-state index contributed by atoms with van der Waals surface area (Å²) in [6, 6.07) is 16.9. The molecule has 1 aliphatic rings. The molecule has 2 aromatic rings. The van der Waals surface area contributed by atoms with E-state index in [2.05, 4.69) is 10.3 Å². The van der Waals surface area contributed by atoms with E-state index < -0.39 is 29.9 Å². The number of benzene rings is 2. The number of carbonyl (C=O) groups is 2. The Kier molecular flexibility index (Phi) is 13.7. The molecule has 9 nitrogen and oxygen atoms in total. The van der Waals surface area contributed by atoms with Crippen molar-refractivity contribution in [3.63, 3.8) is 0 Å². The van der Waals surface area contributed by atoms with E-state index in [4.69, 9.17) is 18.9 Å². The van der Waals surface area contributed by atoms with Crippen molar-refractivity contribution in [1.82, 2.24) is 5.32 Å². The molecule has 3 atom stereocenters. The van der Waals surface area contributed by atoms with Crippen molar-refractivity contribution >= 4 is 17.7 Å². The maximum Gasteiger partial charge on any atom is 0.336 e. The first-order chi connectivity index (χ1) is 20.7. The Morgan fingerprint density at radius 3 is 2.40 bits per heavy atom. The maximum absolute atomic E-state index is 13.5. The number of aliphatic hydroxyl groups excluding tert-OH is 1. The molecule has 43 heavy (non-hydrogen) atoms. The van der Waals surface area contributed by atoms with E-state index in [1.54, 1.807) is 13.8 Å². The van der Waals surface area contributed by atoms with E-state index in [1.807, 2.05) is 68.4 Å². The molecule has 0 spiro atoms. The van der Waals surface area contributed by atoms with E-state index in [0.717, 1.165) is 37.1 Å². The van der Waals surface area contributed by atoms with Gasteiger partial charge < -0.3 is 29.4 Å². The molecule has 0 aromatic heterocycles. The van der Waals surface area contributed by atoms with Crippen LogP contribution in [0, 0.1) is 5.92 Å². The van der Waals surface area contributed by atoms with Gasteiger partial charge in [-0.1, -0.05) is 49.2 Å². The van der Waals surface area contributed by atoms with Crippen LogP contribution in [0.15, 0.2) is 70.9 Å². The molecule has 9 heteroatoms. The number of aliphatic hydroxyl groups is 1. The van der Waals surface area contributed by atoms with Crippen LogP contribution in [0.3, 0.4) is 0 Å². The highest BCUT2D eigenvalue weighted by Crippen LogP contribution is 2.43. The molecule has 2 N–H and O–H groups in total. The molecule has 1 aliphatic heterocycles. The first-order valence-corrected chi connectivity index (χ1v) is 15.1. The SMILES string of the molecule is COC(=O)C1C(C)=NC(C)=C(C(=O)OCCCCCCNCC(O)COc2ccccc2)C1c1ccccc1OC(C)C. The smallest absolute Gasteiger partial charge is 0.336 e. The Morgan fingerprint density at radius 1 is 0.977 bits per heavy atom. The fraction of sp³-hybridized carbons (Fsp3) is 0.500. The molecule has 234 valence electrons. The van der Waals surface area contributed by atoms with E-state index in [1.165, 1.54) is 7.11 Å². The number of esters is 2. The molecule has 3 rings (SSSR count). The highest BCUT2D eigenvalue weighted by Gasteiger charge is 2.43. The second-order valence-electron chi connectivity index (χ2n) is 11.0. The van der Waals surface area contributed by atoms with E-state index in [-0.39, 0.29) is 19.3 Å². The summed E-state index contributed by atoms with van der Waals surface area (Å²) in [5.41, 5.74) is 2.17. The normalized spacial score (nSPS) is 17.3. The van der Waals surface area contributed by atoms with Gasteiger partial charge in [-0.3, -0.25) is 9.79 Å². The number of methoxy groups -OCH3 is 1. The zero-order valence-corrected chi connectivity index (χ0v) is 26.0. The van der Waals surface area contributed by atoms with Gasteiger partial charge in [-0.2, -0.15) is 0 Å². The number of unbranched alkanes of at least 4 members (excludes halogenated alkanes) is 3. The lowest BCUT2D eigenvalue weighted by molar-refractivity contribution is -0.144. The fourth-order valence-electron chi connectivity index (χ4n) is 5.15. The largest absolute Gasteiger partial charge is 0.491 e. The molecular formula is C34H46N2O7. The number of rotatable bonds is 17. The van der Waals surface area contributed by atoms with Crippen LogP contribution in [0.2, 0.25) is 0 Å². The summed E-state index contributed by atoms with van der Waals surface area (Å²) < 4.78 is 22.5. The number of carbonyl (C=O) groups excluding carboxylic acids is 2. The lowest BCUT2D eigenvalue weighted by Crippen LogP contribution is -2.36. The van der Waals surface area contributed by atoms with Crippen LogP contribution in [0.1, 0.15) is 64.9 Å². The Hall–Kier alpha value is -3.69. The summed E-state index contributed by atoms with van der Waals surface area (Å²) in [6.07, 6.45) is 2.82. The Morgan fingerprint density at radius 2 is 1.67 bits per heavy atom. The molecule has 0 saturated carbocycles. The monoisotopic (exact) mass is 594 g/mol. The average Bonchev–Trinajstić information content (AvgIpc) is 2.99. The molecule has 0 amide bonds. The number of hydrogen-bond acceptors (Lipinski definition) is 9. The number of ether oxygens (including phenoxy) is 4. The quantitative estimate of drug-likeness (QED) is 0.189. The van der Waals surface area contributed by atoms with Crippen LogP contribution in [0.5, 0.6) is 11.5 Å². The minimum atomic E-state index is -0.774. The van der Waals surface area contributed by atoms with Gasteiger partial charge in [0.2, 0.25) is 0 Å². The van der Waals surface area contributed by atoms with Crippen LogP contribution in [-0.4, -0.2) is 68.4 Å². The van der Waals surface area contributed by atoms with Crippen molar-refractivity contribution in [2.45, 2.75) is 71.5 Å². The van der Waals surface area contributed by atoms with E-state index >= 15 is 0 Å². The van der Waals surface area contributed by atoms with Gasteiger partial charge >= 0.3 is 11.9 Å². The summed E-state index contributed by atoms with van der Waals surface area (Å²) in [7, 11) is 1.34. The lowest BCUT2D eigenvalue weighted by Gasteiger charge is -2.32. The van der Waals surface area contributed by atoms with Crippen molar-refractivity contribution in [2.75, 3.05) is 33.4 Å². The number of nitrogens with zero attached hydrogens (tertiary/aromatic N) is 1. The predicted octanol–water partition coefficient (Wildman–Crippen LogP) is 5.23. The molecule has 0 fully saturated rings. The second kappa shape index (κ2) is 17.4. The van der Waals surface area contributed by atoms with Gasteiger partial charge in [0.1, 0.15) is 30.1 Å². The van der Waals surface area contributed by atoms with Crippen LogP contribution in [-0.2, 0) is 19.1 Å². The van der Waals surface area contributed by atoms with E-state index in [0.29, 0.717) is 35.7 Å². The standard InChI is InChI=1S/C34H46N2O7/c1-23(2)43-29-18-12-11-17-28(29)32-30(33(38)40-5)24(3)36-25(4)31(32)34(39)41-20-14-7-6-13-19-35-21-26(37)22-42-27-15-9-8-10-16-27/h8-12,15-18,23,26,30,32,35,37H,6-7,13-14,19-22H2,1-5H3. The zero-order valence-electron chi connectivity index (χ0n) is 26.0. The molecule has 0 aliphatic carbocycles. The third-order valence-electron chi connectivity index (χ3n) is 7.17. The molecule has 0 bridgehead atoms. The van der Waals surface area contributed by atoms with Crippen molar-refractivity contribution in [2.24, 2.45) is 10.9 Å². The summed E-state index contributed by atoms with van der Waals surface area (Å²) in [5, 5.41) is 13.4. The van der Waals surface area contributed by atoms with Gasteiger partial charge in [-0.05, 0) is 65.3 Å². The molecule has 2 aromatic carbocycles. The minimum absolute atomic E-state index is 0.0921. The van der Waals surface area contributed by atoms with Gasteiger partial charge in [0.15, 0.2) is 0 Å². The Bertz CT molecular complexity index is 1240. The number of para-hydroxylation sites is 2. The third-order valence-corrected chi connectivity index (χ3v) is 7.17. The molecular weight excluding hydrogens is 548 g/mol. The molecule has 0 saturated heterocycles. The number of nitrogens with one attached hydrogen (secondary N) is 1. The van der Waals surface area contributed by atoms with Gasteiger partial charge in [0, 0.05) is 29.4 Å². The fourth-order valence-corrected chi connectivity index (χ4v) is 5.15. The Labute approximate surface area is 255 Å². The number of allylic oxidation sites excluding steroid dienone is 1. The van der Waals surface area contributed by atoms with Gasteiger partial charge in [0.25, 0.3) is 0 Å². The lowest BCUT2D eigenvalue weighted by atomic mass is 9.75. The van der Waals surface area contributed by atoms with Gasteiger partial charge in [0.05, 0.1) is 25.4 Å². The minimum Gasteiger partial charge on any atom is -0.491 e. The maximum atomic E-state index is 13.5. The van der Waals surface area contributed by atoms with Crippen molar-refractivity contribution in [1.29, 1.82) is 0 Å². The van der Waals surface area contributed by atoms with Crippen LogP contribution in [0.25, 0.3) is 0 Å². The van der Waals surface area contributed by atoms with E-state index in [9.17, 15) is 14.7 Å². The van der Waals surface area contributed by atoms with Crippen LogP contribution in [0.4, 0.5) is 0 Å². The topological polar surface area (TPSA) is 116 Å². The summed E-state index contributed by atoms with van der Waals surface area (Å²) in [4.78, 5) is 31.0. The van der Waals surface area contributed by atoms with Gasteiger partial charge in [-0.25, -0.2) is 4.79 Å². The highest BCUT2D eigenvalue weighted by molar-refractivity contribution is 6.07. The summed E-state index contributed by atoms with van der Waals surface area (Å²) in [5.74, 6) is -1.03. The zero-order chi connectivity index (χ0) is 31.2. The number of aliphatic imine (C=N–C) groups is 1. The molecule has 1 heterocycles. The number of hydrogen-bond donors (Lipinski definition) is 2. The predicted molar refractivity (Wildman–Crippen MR) is 167 cm³/mol. The van der Waals surface area contributed by atoms with Crippen LogP contribution < -0.4 is 14.8 Å². The highest BCUT2D eigenvalue weighted by atomic mass is 16.5. The Balaban J connectivity index is 1.49. The van der Waals surface area contributed by atoms with Crippen molar-refractivity contribution in [3.05, 3.63) is 71.4 Å². The third kappa shape index (κ3) is 10.2. The first-order valence-electron chi connectivity index (χ1n) is 15.1. The first kappa shape index (κ1) is 33.8. The summed E-state index contributed by atoms with van der Waals surface area (Å²) in [6.45, 7) is 9.15. The molecule has 3 unspecified atom stereocenters. The summed E-state index contributed by atoms with van der Waals surface area (Å²) >= 11 is 0.